The molecule has 0 amide bonds. The van der Waals surface area contributed by atoms with E-state index >= 15 is 0 Å². The van der Waals surface area contributed by atoms with Gasteiger partial charge in [0.2, 0.25) is 0 Å². The minimum absolute atomic E-state index is 0.350. The lowest BCUT2D eigenvalue weighted by Crippen LogP contribution is -1.93. The second-order valence-electron chi connectivity index (χ2n) is 2.51. The van der Waals surface area contributed by atoms with E-state index in [0.717, 1.165) is 22.2 Å². The zero-order valence-electron chi connectivity index (χ0n) is 6.66. The van der Waals surface area contributed by atoms with Crippen molar-refractivity contribution in [2.45, 2.75) is 18.9 Å². The van der Waals surface area contributed by atoms with Crippen molar-refractivity contribution in [3.63, 3.8) is 0 Å². The van der Waals surface area contributed by atoms with Gasteiger partial charge in [0.05, 0.1) is 6.10 Å². The van der Waals surface area contributed by atoms with Crippen LogP contribution in [0.1, 0.15) is 23.8 Å². The molecule has 0 radical (unpaired) electrons. The van der Waals surface area contributed by atoms with Gasteiger partial charge in [0, 0.05) is 9.35 Å². The van der Waals surface area contributed by atoms with Gasteiger partial charge in [-0.1, -0.05) is 6.08 Å². The lowest BCUT2D eigenvalue weighted by molar-refractivity contribution is 0.172. The van der Waals surface area contributed by atoms with E-state index in [-0.39, 0.29) is 6.10 Å². The van der Waals surface area contributed by atoms with Crippen LogP contribution in [-0.2, 0) is 0 Å². The average molecular weight is 247 g/mol. The molecule has 0 saturated carbocycles. The SMILES string of the molecule is C=CCCC(O)c1sccc1Br. The summed E-state index contributed by atoms with van der Waals surface area (Å²) in [5.74, 6) is 0. The fourth-order valence-electron chi connectivity index (χ4n) is 0.950. The van der Waals surface area contributed by atoms with E-state index < -0.39 is 0 Å². The van der Waals surface area contributed by atoms with Crippen molar-refractivity contribution in [2.75, 3.05) is 0 Å². The van der Waals surface area contributed by atoms with Crippen molar-refractivity contribution in [2.24, 2.45) is 0 Å². The highest BCUT2D eigenvalue weighted by atomic mass is 79.9. The number of rotatable bonds is 4. The fraction of sp³-hybridized carbons (Fsp3) is 0.333. The molecule has 1 rings (SSSR count). The maximum atomic E-state index is 9.65. The molecule has 1 aromatic heterocycles. The van der Waals surface area contributed by atoms with Crippen LogP contribution in [0.4, 0.5) is 0 Å². The summed E-state index contributed by atoms with van der Waals surface area (Å²) in [6, 6.07) is 1.96. The molecule has 1 aromatic rings. The van der Waals surface area contributed by atoms with Gasteiger partial charge in [0.25, 0.3) is 0 Å². The highest BCUT2D eigenvalue weighted by Crippen LogP contribution is 2.31. The first kappa shape index (κ1) is 9.96. The van der Waals surface area contributed by atoms with Gasteiger partial charge in [0.15, 0.2) is 0 Å². The smallest absolute Gasteiger partial charge is 0.0896 e. The van der Waals surface area contributed by atoms with Gasteiger partial charge in [-0.25, -0.2) is 0 Å². The Hall–Kier alpha value is -0.120. The van der Waals surface area contributed by atoms with E-state index in [1.807, 2.05) is 17.5 Å². The molecule has 0 aliphatic carbocycles. The van der Waals surface area contributed by atoms with E-state index in [1.54, 1.807) is 11.3 Å². The minimum Gasteiger partial charge on any atom is -0.388 e. The van der Waals surface area contributed by atoms with Crippen molar-refractivity contribution in [3.8, 4) is 0 Å². The molecule has 0 spiro atoms. The normalized spacial score (nSPS) is 12.8. The second-order valence-corrected chi connectivity index (χ2v) is 4.32. The zero-order chi connectivity index (χ0) is 8.97. The Kier molecular flexibility index (Phi) is 3.98. The van der Waals surface area contributed by atoms with Gasteiger partial charge in [0.1, 0.15) is 0 Å². The minimum atomic E-state index is -0.350. The third-order valence-corrected chi connectivity index (χ3v) is 3.56. The second kappa shape index (κ2) is 4.80. The molecular weight excluding hydrogens is 236 g/mol. The van der Waals surface area contributed by atoms with Gasteiger partial charge >= 0.3 is 0 Å². The first-order valence-corrected chi connectivity index (χ1v) is 5.45. The quantitative estimate of drug-likeness (QED) is 0.807. The molecule has 1 heterocycles. The monoisotopic (exact) mass is 246 g/mol. The summed E-state index contributed by atoms with van der Waals surface area (Å²) in [5, 5.41) is 11.6. The largest absolute Gasteiger partial charge is 0.388 e. The third kappa shape index (κ3) is 2.44. The van der Waals surface area contributed by atoms with Gasteiger partial charge in [-0.3, -0.25) is 0 Å². The predicted octanol–water partition coefficient (Wildman–Crippen LogP) is 3.51. The molecule has 0 aliphatic rings. The number of allylic oxidation sites excluding steroid dienone is 1. The highest BCUT2D eigenvalue weighted by molar-refractivity contribution is 9.10. The van der Waals surface area contributed by atoms with E-state index in [1.165, 1.54) is 0 Å². The van der Waals surface area contributed by atoms with Crippen LogP contribution in [-0.4, -0.2) is 5.11 Å². The number of thiophene rings is 1. The molecule has 0 fully saturated rings. The van der Waals surface area contributed by atoms with Crippen molar-refractivity contribution in [1.82, 2.24) is 0 Å². The molecule has 66 valence electrons. The lowest BCUT2D eigenvalue weighted by Gasteiger charge is -2.06. The summed E-state index contributed by atoms with van der Waals surface area (Å²) in [7, 11) is 0. The summed E-state index contributed by atoms with van der Waals surface area (Å²) < 4.78 is 1.00. The van der Waals surface area contributed by atoms with Crippen LogP contribution < -0.4 is 0 Å². The fourth-order valence-corrected chi connectivity index (χ4v) is 2.61. The maximum absolute atomic E-state index is 9.65. The Labute approximate surface area is 84.9 Å². The summed E-state index contributed by atoms with van der Waals surface area (Å²) in [4.78, 5) is 1.01. The topological polar surface area (TPSA) is 20.2 Å². The van der Waals surface area contributed by atoms with E-state index in [2.05, 4.69) is 22.5 Å². The Morgan fingerprint density at radius 2 is 2.50 bits per heavy atom. The molecule has 0 aromatic carbocycles. The summed E-state index contributed by atoms with van der Waals surface area (Å²) in [5.41, 5.74) is 0. The summed E-state index contributed by atoms with van der Waals surface area (Å²) in [6.07, 6.45) is 3.08. The first-order chi connectivity index (χ1) is 5.75. The number of hydrogen-bond acceptors (Lipinski definition) is 2. The van der Waals surface area contributed by atoms with Crippen molar-refractivity contribution >= 4 is 27.3 Å². The summed E-state index contributed by atoms with van der Waals surface area (Å²) in [6.45, 7) is 3.62. The Bertz CT molecular complexity index is 257. The van der Waals surface area contributed by atoms with E-state index in [9.17, 15) is 5.11 Å². The Morgan fingerprint density at radius 3 is 3.00 bits per heavy atom. The molecule has 1 nitrogen and oxygen atoms in total. The molecular formula is C9H11BrOS. The Balaban J connectivity index is 2.58. The van der Waals surface area contributed by atoms with E-state index in [0.29, 0.717) is 0 Å². The molecule has 1 unspecified atom stereocenters. The van der Waals surface area contributed by atoms with Crippen molar-refractivity contribution < 1.29 is 5.11 Å². The lowest BCUT2D eigenvalue weighted by atomic mass is 10.2. The van der Waals surface area contributed by atoms with Crippen LogP contribution >= 0.6 is 27.3 Å². The molecule has 0 saturated heterocycles. The van der Waals surface area contributed by atoms with Gasteiger partial charge < -0.3 is 5.11 Å². The average Bonchev–Trinajstić information content (AvgIpc) is 2.47. The van der Waals surface area contributed by atoms with Gasteiger partial charge in [-0.05, 0) is 40.2 Å². The Morgan fingerprint density at radius 1 is 1.75 bits per heavy atom. The maximum Gasteiger partial charge on any atom is 0.0896 e. The number of aliphatic hydroxyl groups excluding tert-OH is 1. The zero-order valence-corrected chi connectivity index (χ0v) is 9.07. The molecule has 0 aliphatic heterocycles. The van der Waals surface area contributed by atoms with Gasteiger partial charge in [-0.15, -0.1) is 17.9 Å². The molecule has 1 N–H and O–H groups in total. The number of halogens is 1. The van der Waals surface area contributed by atoms with Crippen LogP contribution in [0.3, 0.4) is 0 Å². The predicted molar refractivity (Wildman–Crippen MR) is 56.4 cm³/mol. The molecule has 0 bridgehead atoms. The van der Waals surface area contributed by atoms with Crippen LogP contribution in [0.2, 0.25) is 0 Å². The van der Waals surface area contributed by atoms with Gasteiger partial charge in [-0.2, -0.15) is 0 Å². The summed E-state index contributed by atoms with van der Waals surface area (Å²) >= 11 is 4.96. The highest BCUT2D eigenvalue weighted by Gasteiger charge is 2.10. The van der Waals surface area contributed by atoms with Crippen molar-refractivity contribution in [3.05, 3.63) is 33.5 Å². The van der Waals surface area contributed by atoms with Crippen LogP contribution in [0.25, 0.3) is 0 Å². The van der Waals surface area contributed by atoms with Crippen LogP contribution in [0.15, 0.2) is 28.6 Å². The number of aliphatic hydroxyl groups is 1. The third-order valence-electron chi connectivity index (χ3n) is 1.59. The molecule has 12 heavy (non-hydrogen) atoms. The van der Waals surface area contributed by atoms with Crippen LogP contribution in [0.5, 0.6) is 0 Å². The molecule has 3 heteroatoms. The first-order valence-electron chi connectivity index (χ1n) is 3.77. The molecule has 1 atom stereocenters. The van der Waals surface area contributed by atoms with Crippen molar-refractivity contribution in [1.29, 1.82) is 0 Å². The van der Waals surface area contributed by atoms with E-state index in [4.69, 9.17) is 0 Å². The van der Waals surface area contributed by atoms with Crippen LogP contribution in [0, 0.1) is 0 Å². The standard InChI is InChI=1S/C9H11BrOS/c1-2-3-4-8(11)9-7(10)5-6-12-9/h2,5-6,8,11H,1,3-4H2. The number of hydrogen-bond donors (Lipinski definition) is 1.